The number of hydrogen-bond acceptors (Lipinski definition) is 4. The van der Waals surface area contributed by atoms with E-state index < -0.39 is 0 Å². The van der Waals surface area contributed by atoms with Gasteiger partial charge >= 0.3 is 0 Å². The first kappa shape index (κ1) is 16.7. The maximum atomic E-state index is 5.83. The normalized spacial score (nSPS) is 17.7. The van der Waals surface area contributed by atoms with Crippen molar-refractivity contribution in [1.82, 2.24) is 5.43 Å². The Morgan fingerprint density at radius 1 is 1.29 bits per heavy atom. The van der Waals surface area contributed by atoms with E-state index in [9.17, 15) is 0 Å². The van der Waals surface area contributed by atoms with Gasteiger partial charge in [-0.05, 0) is 43.9 Å². The number of ether oxygens (including phenoxy) is 1. The molecule has 0 aliphatic heterocycles. The van der Waals surface area contributed by atoms with Crippen LogP contribution in [0.2, 0.25) is 0 Å². The number of methoxy groups -OCH3 is 1. The molecule has 1 aliphatic carbocycles. The van der Waals surface area contributed by atoms with E-state index in [1.165, 1.54) is 48.8 Å². The number of hydrogen-bond donors (Lipinski definition) is 2. The zero-order chi connectivity index (χ0) is 15.2. The molecule has 0 bridgehead atoms. The summed E-state index contributed by atoms with van der Waals surface area (Å²) in [6, 6.07) is 4.44. The van der Waals surface area contributed by atoms with E-state index in [-0.39, 0.29) is 6.04 Å². The summed E-state index contributed by atoms with van der Waals surface area (Å²) in [5.74, 6) is 7.78. The lowest BCUT2D eigenvalue weighted by molar-refractivity contribution is 0.401. The van der Waals surface area contributed by atoms with E-state index in [0.29, 0.717) is 0 Å². The first-order valence-corrected chi connectivity index (χ1v) is 8.93. The third-order valence-electron chi connectivity index (χ3n) is 4.31. The molecular weight excluding hydrogens is 280 g/mol. The third-order valence-corrected chi connectivity index (χ3v) is 5.78. The SMILES string of the molecule is COc1cc(C)cc(C)c1C(CSC1CCCCC1)NN. The molecule has 1 aromatic rings. The van der Waals surface area contributed by atoms with Gasteiger partial charge in [0, 0.05) is 16.6 Å². The summed E-state index contributed by atoms with van der Waals surface area (Å²) < 4.78 is 5.58. The standard InChI is InChI=1S/C17H28N2OS/c1-12-9-13(2)17(16(10-12)20-3)15(19-18)11-21-14-7-5-4-6-8-14/h9-10,14-15,19H,4-8,11,18H2,1-3H3. The molecule has 1 saturated carbocycles. The van der Waals surface area contributed by atoms with Crippen molar-refractivity contribution in [3.63, 3.8) is 0 Å². The lowest BCUT2D eigenvalue weighted by atomic mass is 9.99. The Kier molecular flexibility index (Phi) is 6.40. The number of benzene rings is 1. The molecule has 118 valence electrons. The lowest BCUT2D eigenvalue weighted by Gasteiger charge is -2.26. The first-order chi connectivity index (χ1) is 10.2. The van der Waals surface area contributed by atoms with Crippen LogP contribution in [0.5, 0.6) is 5.75 Å². The van der Waals surface area contributed by atoms with E-state index in [1.54, 1.807) is 7.11 Å². The van der Waals surface area contributed by atoms with Crippen LogP contribution < -0.4 is 16.0 Å². The number of thioether (sulfide) groups is 1. The molecule has 1 aliphatic rings. The molecule has 2 rings (SSSR count). The predicted octanol–water partition coefficient (Wildman–Crippen LogP) is 3.88. The maximum absolute atomic E-state index is 5.83. The fourth-order valence-corrected chi connectivity index (χ4v) is 4.63. The maximum Gasteiger partial charge on any atom is 0.124 e. The van der Waals surface area contributed by atoms with E-state index in [1.807, 2.05) is 0 Å². The fraction of sp³-hybridized carbons (Fsp3) is 0.647. The van der Waals surface area contributed by atoms with Gasteiger partial charge in [-0.25, -0.2) is 0 Å². The van der Waals surface area contributed by atoms with Crippen LogP contribution in [0.3, 0.4) is 0 Å². The molecule has 21 heavy (non-hydrogen) atoms. The number of nitrogens with two attached hydrogens (primary N) is 1. The van der Waals surface area contributed by atoms with Crippen molar-refractivity contribution in [2.24, 2.45) is 5.84 Å². The topological polar surface area (TPSA) is 47.3 Å². The number of rotatable bonds is 6. The van der Waals surface area contributed by atoms with E-state index in [4.69, 9.17) is 10.6 Å². The minimum Gasteiger partial charge on any atom is -0.496 e. The highest BCUT2D eigenvalue weighted by atomic mass is 32.2. The monoisotopic (exact) mass is 308 g/mol. The molecule has 0 radical (unpaired) electrons. The molecule has 1 atom stereocenters. The third kappa shape index (κ3) is 4.38. The Morgan fingerprint density at radius 2 is 2.00 bits per heavy atom. The van der Waals surface area contributed by atoms with Crippen molar-refractivity contribution in [2.75, 3.05) is 12.9 Å². The van der Waals surface area contributed by atoms with Gasteiger partial charge in [-0.15, -0.1) is 0 Å². The average molecular weight is 308 g/mol. The molecule has 0 aromatic heterocycles. The smallest absolute Gasteiger partial charge is 0.124 e. The van der Waals surface area contributed by atoms with Crippen LogP contribution in [0.25, 0.3) is 0 Å². The fourth-order valence-electron chi connectivity index (χ4n) is 3.23. The van der Waals surface area contributed by atoms with Crippen LogP contribution in [0.15, 0.2) is 12.1 Å². The van der Waals surface area contributed by atoms with Gasteiger partial charge < -0.3 is 4.74 Å². The van der Waals surface area contributed by atoms with Crippen molar-refractivity contribution in [3.05, 3.63) is 28.8 Å². The van der Waals surface area contributed by atoms with E-state index in [2.05, 4.69) is 43.2 Å². The minimum atomic E-state index is 0.146. The second-order valence-electron chi connectivity index (χ2n) is 6.01. The van der Waals surface area contributed by atoms with Gasteiger partial charge in [-0.3, -0.25) is 11.3 Å². The summed E-state index contributed by atoms with van der Waals surface area (Å²) in [4.78, 5) is 0. The minimum absolute atomic E-state index is 0.146. The Labute approximate surface area is 133 Å². The summed E-state index contributed by atoms with van der Waals surface area (Å²) in [6.07, 6.45) is 6.87. The molecule has 0 heterocycles. The van der Waals surface area contributed by atoms with Crippen LogP contribution in [0.1, 0.15) is 54.8 Å². The van der Waals surface area contributed by atoms with Gasteiger partial charge in [-0.2, -0.15) is 11.8 Å². The Balaban J connectivity index is 2.09. The number of nitrogens with one attached hydrogen (secondary N) is 1. The van der Waals surface area contributed by atoms with Gasteiger partial charge in [0.1, 0.15) is 5.75 Å². The highest BCUT2D eigenvalue weighted by molar-refractivity contribution is 7.99. The van der Waals surface area contributed by atoms with Gasteiger partial charge in [0.2, 0.25) is 0 Å². The van der Waals surface area contributed by atoms with Gasteiger partial charge in [0.15, 0.2) is 0 Å². The summed E-state index contributed by atoms with van der Waals surface area (Å²) in [5.41, 5.74) is 6.67. The molecule has 0 spiro atoms. The highest BCUT2D eigenvalue weighted by Crippen LogP contribution is 2.35. The number of aryl methyl sites for hydroxylation is 2. The van der Waals surface area contributed by atoms with Crippen LogP contribution in [-0.4, -0.2) is 18.1 Å². The molecule has 0 amide bonds. The van der Waals surface area contributed by atoms with Gasteiger partial charge in [0.25, 0.3) is 0 Å². The molecule has 1 fully saturated rings. The molecule has 4 heteroatoms. The lowest BCUT2D eigenvalue weighted by Crippen LogP contribution is -2.31. The summed E-state index contributed by atoms with van der Waals surface area (Å²) >= 11 is 2.06. The average Bonchev–Trinajstić information content (AvgIpc) is 2.50. The molecular formula is C17H28N2OS. The predicted molar refractivity (Wildman–Crippen MR) is 91.9 cm³/mol. The van der Waals surface area contributed by atoms with E-state index in [0.717, 1.165) is 16.8 Å². The molecule has 1 unspecified atom stereocenters. The van der Waals surface area contributed by atoms with Crippen LogP contribution in [-0.2, 0) is 0 Å². The molecule has 0 saturated heterocycles. The zero-order valence-corrected chi connectivity index (χ0v) is 14.3. The van der Waals surface area contributed by atoms with Crippen molar-refractivity contribution in [3.8, 4) is 5.75 Å². The molecule has 3 nitrogen and oxygen atoms in total. The molecule has 3 N–H and O–H groups in total. The summed E-state index contributed by atoms with van der Waals surface area (Å²) in [5, 5.41) is 0.798. The van der Waals surface area contributed by atoms with Gasteiger partial charge in [0.05, 0.1) is 13.2 Å². The second-order valence-corrected chi connectivity index (χ2v) is 7.34. The first-order valence-electron chi connectivity index (χ1n) is 7.88. The van der Waals surface area contributed by atoms with Gasteiger partial charge in [-0.1, -0.05) is 25.3 Å². The summed E-state index contributed by atoms with van der Waals surface area (Å²) in [6.45, 7) is 4.24. The van der Waals surface area contributed by atoms with Crippen molar-refractivity contribution < 1.29 is 4.74 Å². The zero-order valence-electron chi connectivity index (χ0n) is 13.4. The summed E-state index contributed by atoms with van der Waals surface area (Å²) in [7, 11) is 1.74. The largest absolute Gasteiger partial charge is 0.496 e. The van der Waals surface area contributed by atoms with Crippen molar-refractivity contribution in [2.45, 2.75) is 57.2 Å². The number of hydrazine groups is 1. The Morgan fingerprint density at radius 3 is 2.62 bits per heavy atom. The van der Waals surface area contributed by atoms with E-state index >= 15 is 0 Å². The second kappa shape index (κ2) is 8.06. The van der Waals surface area contributed by atoms with Crippen LogP contribution in [0.4, 0.5) is 0 Å². The van der Waals surface area contributed by atoms with Crippen LogP contribution >= 0.6 is 11.8 Å². The highest BCUT2D eigenvalue weighted by Gasteiger charge is 2.21. The van der Waals surface area contributed by atoms with Crippen molar-refractivity contribution >= 4 is 11.8 Å². The quantitative estimate of drug-likeness (QED) is 0.618. The van der Waals surface area contributed by atoms with Crippen LogP contribution in [0, 0.1) is 13.8 Å². The van der Waals surface area contributed by atoms with Crippen molar-refractivity contribution in [1.29, 1.82) is 0 Å². The molecule has 1 aromatic carbocycles. The Bertz CT molecular complexity index is 458. The Hall–Kier alpha value is -0.710.